The molecule has 164 valence electrons. The molecule has 0 fully saturated rings. The van der Waals surface area contributed by atoms with E-state index in [0.717, 1.165) is 28.4 Å². The predicted octanol–water partition coefficient (Wildman–Crippen LogP) is 6.26. The number of para-hydroxylation sites is 1. The fourth-order valence-corrected chi connectivity index (χ4v) is 4.72. The van der Waals surface area contributed by atoms with E-state index in [2.05, 4.69) is 4.98 Å². The lowest BCUT2D eigenvalue weighted by Crippen LogP contribution is -2.22. The average Bonchev–Trinajstić information content (AvgIpc) is 3.25. The van der Waals surface area contributed by atoms with Crippen molar-refractivity contribution in [2.75, 3.05) is 0 Å². The van der Waals surface area contributed by atoms with E-state index in [-0.39, 0.29) is 5.56 Å². The number of hydrogen-bond acceptors (Lipinski definition) is 3. The fraction of sp³-hybridized carbons (Fsp3) is 0.0769. The minimum Gasteiger partial charge on any atom is -0.355 e. The number of nitrogens with zero attached hydrogens (tertiary/aromatic N) is 2. The average molecular weight is 460 g/mol. The number of rotatable bonds is 5. The second kappa shape index (κ2) is 8.67. The molecule has 0 spiro atoms. The summed E-state index contributed by atoms with van der Waals surface area (Å²) in [7, 11) is 0. The molecule has 2 heterocycles. The molecule has 1 N–H and O–H groups in total. The van der Waals surface area contributed by atoms with Gasteiger partial charge in [0.05, 0.1) is 5.69 Å². The van der Waals surface area contributed by atoms with E-state index in [4.69, 9.17) is 4.98 Å². The second-order valence-corrected chi connectivity index (χ2v) is 8.59. The molecule has 0 aliphatic heterocycles. The first kappa shape index (κ1) is 21.2. The number of aryl methyl sites for hydroxylation is 1. The third-order valence-electron chi connectivity index (χ3n) is 5.46. The van der Waals surface area contributed by atoms with Gasteiger partial charge in [-0.15, -0.1) is 0 Å². The molecular weight excluding hydrogens is 440 g/mol. The van der Waals surface area contributed by atoms with Crippen LogP contribution in [-0.2, 0) is 5.75 Å². The Hall–Kier alpha value is -3.71. The minimum atomic E-state index is -0.898. The smallest absolute Gasteiger partial charge is 0.283 e. The first-order valence-electron chi connectivity index (χ1n) is 10.3. The maximum absolute atomic E-state index is 13.7. The van der Waals surface area contributed by atoms with E-state index in [1.54, 1.807) is 10.8 Å². The van der Waals surface area contributed by atoms with Crippen LogP contribution in [0.4, 0.5) is 8.78 Å². The zero-order chi connectivity index (χ0) is 22.9. The van der Waals surface area contributed by atoms with Crippen LogP contribution in [0, 0.1) is 18.6 Å². The number of hydrogen-bond donors (Lipinski definition) is 1. The van der Waals surface area contributed by atoms with Gasteiger partial charge < -0.3 is 4.98 Å². The summed E-state index contributed by atoms with van der Waals surface area (Å²) in [6.07, 6.45) is 1.79. The normalized spacial score (nSPS) is 11.2. The maximum Gasteiger partial charge on any atom is 0.283 e. The van der Waals surface area contributed by atoms with Crippen LogP contribution in [0.2, 0.25) is 0 Å². The van der Waals surface area contributed by atoms with Gasteiger partial charge in [0.2, 0.25) is 0 Å². The van der Waals surface area contributed by atoms with Gasteiger partial charge in [-0.1, -0.05) is 66.4 Å². The van der Waals surface area contributed by atoms with Crippen LogP contribution in [0.25, 0.3) is 27.8 Å². The van der Waals surface area contributed by atoms with Gasteiger partial charge in [-0.05, 0) is 41.8 Å². The highest BCUT2D eigenvalue weighted by atomic mass is 32.2. The Morgan fingerprint density at radius 2 is 1.73 bits per heavy atom. The van der Waals surface area contributed by atoms with Gasteiger partial charge in [0.1, 0.15) is 11.0 Å². The number of fused-ring (bicyclic) bond motifs is 1. The van der Waals surface area contributed by atoms with Gasteiger partial charge in [-0.2, -0.15) is 0 Å². The van der Waals surface area contributed by atoms with Crippen LogP contribution in [0.15, 0.2) is 88.9 Å². The molecule has 0 radical (unpaired) electrons. The van der Waals surface area contributed by atoms with Gasteiger partial charge >= 0.3 is 0 Å². The molecule has 5 aromatic rings. The molecule has 0 saturated heterocycles. The highest BCUT2D eigenvalue weighted by Gasteiger charge is 2.19. The lowest BCUT2D eigenvalue weighted by molar-refractivity contribution is 0.507. The summed E-state index contributed by atoms with van der Waals surface area (Å²) in [6.45, 7) is 1.93. The van der Waals surface area contributed by atoms with E-state index in [1.807, 2.05) is 61.5 Å². The molecule has 0 saturated carbocycles. The third-order valence-corrected chi connectivity index (χ3v) is 6.47. The topological polar surface area (TPSA) is 50.7 Å². The highest BCUT2D eigenvalue weighted by Crippen LogP contribution is 2.30. The van der Waals surface area contributed by atoms with Crippen molar-refractivity contribution < 1.29 is 8.78 Å². The van der Waals surface area contributed by atoms with Gasteiger partial charge in [-0.3, -0.25) is 9.36 Å². The zero-order valence-electron chi connectivity index (χ0n) is 17.7. The van der Waals surface area contributed by atoms with Crippen LogP contribution in [0.5, 0.6) is 0 Å². The van der Waals surface area contributed by atoms with Gasteiger partial charge in [0, 0.05) is 17.5 Å². The van der Waals surface area contributed by atoms with E-state index >= 15 is 0 Å². The van der Waals surface area contributed by atoms with Gasteiger partial charge in [0.15, 0.2) is 16.8 Å². The van der Waals surface area contributed by atoms with Crippen molar-refractivity contribution >= 4 is 22.8 Å². The molecular formula is C26H19F2N3OS. The lowest BCUT2D eigenvalue weighted by atomic mass is 10.1. The van der Waals surface area contributed by atoms with E-state index < -0.39 is 11.6 Å². The van der Waals surface area contributed by atoms with Crippen LogP contribution < -0.4 is 5.56 Å². The summed E-state index contributed by atoms with van der Waals surface area (Å²) in [6, 6.07) is 21.1. The SMILES string of the molecule is Cc1ccccc1-n1c(SCc2ccc(F)c(F)c2)nc2c(-c3ccccc3)c[nH]c2c1=O. The standard InChI is InChI=1S/C26H19F2N3OS/c1-16-7-5-6-10-22(16)31-25(32)24-23(19(14-29-24)18-8-3-2-4-9-18)30-26(31)33-15-17-11-12-20(27)21(28)13-17/h2-14,29H,15H2,1H3. The Labute approximate surface area is 192 Å². The van der Waals surface area contributed by atoms with Crippen LogP contribution in [0.3, 0.4) is 0 Å². The van der Waals surface area contributed by atoms with E-state index in [1.165, 1.54) is 23.9 Å². The summed E-state index contributed by atoms with van der Waals surface area (Å²) in [5.74, 6) is -1.46. The Morgan fingerprint density at radius 3 is 2.48 bits per heavy atom. The Balaban J connectivity index is 1.68. The summed E-state index contributed by atoms with van der Waals surface area (Å²) >= 11 is 1.30. The number of thioether (sulfide) groups is 1. The molecule has 0 bridgehead atoms. The van der Waals surface area contributed by atoms with Crippen molar-refractivity contribution in [1.82, 2.24) is 14.5 Å². The van der Waals surface area contributed by atoms with Crippen molar-refractivity contribution in [2.24, 2.45) is 0 Å². The quantitative estimate of drug-likeness (QED) is 0.249. The molecule has 0 unspecified atom stereocenters. The number of aromatic nitrogens is 3. The minimum absolute atomic E-state index is 0.218. The number of nitrogens with one attached hydrogen (secondary N) is 1. The third kappa shape index (κ3) is 3.96. The first-order chi connectivity index (χ1) is 16.0. The van der Waals surface area contributed by atoms with Crippen molar-refractivity contribution in [3.63, 3.8) is 0 Å². The zero-order valence-corrected chi connectivity index (χ0v) is 18.5. The molecule has 0 aliphatic rings. The Morgan fingerprint density at radius 1 is 0.970 bits per heavy atom. The molecule has 0 atom stereocenters. The van der Waals surface area contributed by atoms with Gasteiger partial charge in [0.25, 0.3) is 5.56 Å². The fourth-order valence-electron chi connectivity index (χ4n) is 3.78. The molecule has 2 aromatic heterocycles. The molecule has 5 rings (SSSR count). The van der Waals surface area contributed by atoms with Crippen molar-refractivity contribution in [2.45, 2.75) is 17.8 Å². The van der Waals surface area contributed by atoms with Crippen molar-refractivity contribution in [3.05, 3.63) is 112 Å². The monoisotopic (exact) mass is 459 g/mol. The lowest BCUT2D eigenvalue weighted by Gasteiger charge is -2.14. The van der Waals surface area contributed by atoms with Gasteiger partial charge in [-0.25, -0.2) is 13.8 Å². The highest BCUT2D eigenvalue weighted by molar-refractivity contribution is 7.98. The summed E-state index contributed by atoms with van der Waals surface area (Å²) in [5.41, 5.74) is 4.78. The summed E-state index contributed by atoms with van der Waals surface area (Å²) < 4.78 is 28.6. The van der Waals surface area contributed by atoms with Crippen LogP contribution in [-0.4, -0.2) is 14.5 Å². The Bertz CT molecular complexity index is 1530. The molecule has 7 heteroatoms. The number of aromatic amines is 1. The van der Waals surface area contributed by atoms with Crippen molar-refractivity contribution in [3.8, 4) is 16.8 Å². The maximum atomic E-state index is 13.7. The van der Waals surface area contributed by atoms with Crippen LogP contribution in [0.1, 0.15) is 11.1 Å². The summed E-state index contributed by atoms with van der Waals surface area (Å²) in [4.78, 5) is 21.6. The van der Waals surface area contributed by atoms with Crippen molar-refractivity contribution in [1.29, 1.82) is 0 Å². The molecule has 0 amide bonds. The second-order valence-electron chi connectivity index (χ2n) is 7.65. The largest absolute Gasteiger partial charge is 0.355 e. The number of H-pyrrole nitrogens is 1. The molecule has 0 aliphatic carbocycles. The number of benzene rings is 3. The molecule has 3 aromatic carbocycles. The summed E-state index contributed by atoms with van der Waals surface area (Å²) in [5, 5.41) is 0.475. The van der Waals surface area contributed by atoms with E-state index in [0.29, 0.717) is 27.5 Å². The van der Waals surface area contributed by atoms with Crippen LogP contribution >= 0.6 is 11.8 Å². The Kier molecular flexibility index (Phi) is 5.56. The predicted molar refractivity (Wildman–Crippen MR) is 128 cm³/mol. The number of halogens is 2. The first-order valence-corrected chi connectivity index (χ1v) is 11.3. The molecule has 4 nitrogen and oxygen atoms in total. The molecule has 33 heavy (non-hydrogen) atoms. The van der Waals surface area contributed by atoms with E-state index in [9.17, 15) is 13.6 Å².